The van der Waals surface area contributed by atoms with E-state index in [2.05, 4.69) is 5.32 Å². The molecule has 0 heterocycles. The fourth-order valence-corrected chi connectivity index (χ4v) is 0.866. The third-order valence-electron chi connectivity index (χ3n) is 1.65. The number of hydrogen-bond donors (Lipinski definition) is 1. The molecule has 1 aromatic carbocycles. The highest BCUT2D eigenvalue weighted by Gasteiger charge is 2.35. The minimum Gasteiger partial charge on any atom is -0.374 e. The Balaban J connectivity index is 2.61. The van der Waals surface area contributed by atoms with Gasteiger partial charge < -0.3 is 5.32 Å². The highest BCUT2D eigenvalue weighted by atomic mass is 19.4. The molecule has 1 aromatic rings. The monoisotopic (exact) mass is 189 g/mol. The van der Waals surface area contributed by atoms with E-state index in [0.717, 1.165) is 6.92 Å². The van der Waals surface area contributed by atoms with Gasteiger partial charge in [-0.05, 0) is 19.1 Å². The zero-order valence-corrected chi connectivity index (χ0v) is 7.10. The number of para-hydroxylation sites is 1. The van der Waals surface area contributed by atoms with E-state index < -0.39 is 12.2 Å². The second kappa shape index (κ2) is 3.68. The van der Waals surface area contributed by atoms with E-state index in [4.69, 9.17) is 0 Å². The lowest BCUT2D eigenvalue weighted by atomic mass is 10.2. The Bertz CT molecular complexity index is 255. The summed E-state index contributed by atoms with van der Waals surface area (Å²) in [5.41, 5.74) is 0.479. The lowest BCUT2D eigenvalue weighted by molar-refractivity contribution is -0.138. The molecule has 0 unspecified atom stereocenters. The molecule has 72 valence electrons. The predicted octanol–water partition coefficient (Wildman–Crippen LogP) is 3.05. The minimum absolute atomic E-state index is 0.479. The van der Waals surface area contributed by atoms with Crippen LogP contribution in [-0.4, -0.2) is 12.2 Å². The average Bonchev–Trinajstić information content (AvgIpc) is 2.04. The van der Waals surface area contributed by atoms with Gasteiger partial charge in [0.15, 0.2) is 0 Å². The van der Waals surface area contributed by atoms with Crippen LogP contribution in [0.1, 0.15) is 6.92 Å². The van der Waals surface area contributed by atoms with Gasteiger partial charge >= 0.3 is 6.18 Å². The first-order chi connectivity index (χ1) is 6.00. The van der Waals surface area contributed by atoms with Crippen LogP contribution >= 0.6 is 0 Å². The Kier molecular flexibility index (Phi) is 2.80. The fraction of sp³-hybridized carbons (Fsp3) is 0.333. The van der Waals surface area contributed by atoms with Crippen LogP contribution in [0.3, 0.4) is 0 Å². The third kappa shape index (κ3) is 2.97. The Morgan fingerprint density at radius 2 is 1.69 bits per heavy atom. The summed E-state index contributed by atoms with van der Waals surface area (Å²) in [6.45, 7) is 1.09. The van der Waals surface area contributed by atoms with Gasteiger partial charge in [0.05, 0.1) is 0 Å². The maximum atomic E-state index is 12.1. The van der Waals surface area contributed by atoms with Gasteiger partial charge in [-0.25, -0.2) is 0 Å². The van der Waals surface area contributed by atoms with Crippen LogP contribution in [0.15, 0.2) is 30.3 Å². The van der Waals surface area contributed by atoms with Crippen LogP contribution in [0.4, 0.5) is 18.9 Å². The summed E-state index contributed by atoms with van der Waals surface area (Å²) >= 11 is 0. The molecule has 0 fully saturated rings. The average molecular weight is 189 g/mol. The number of halogens is 3. The summed E-state index contributed by atoms with van der Waals surface area (Å²) in [6, 6.07) is 6.81. The topological polar surface area (TPSA) is 12.0 Å². The van der Waals surface area contributed by atoms with Crippen LogP contribution in [-0.2, 0) is 0 Å². The van der Waals surface area contributed by atoms with Gasteiger partial charge in [-0.1, -0.05) is 18.2 Å². The number of alkyl halides is 3. The maximum absolute atomic E-state index is 12.1. The predicted molar refractivity (Wildman–Crippen MR) is 45.6 cm³/mol. The molecule has 4 heteroatoms. The smallest absolute Gasteiger partial charge is 0.374 e. The van der Waals surface area contributed by atoms with Crippen molar-refractivity contribution in [2.45, 2.75) is 19.1 Å². The summed E-state index contributed by atoms with van der Waals surface area (Å²) < 4.78 is 36.2. The van der Waals surface area contributed by atoms with E-state index >= 15 is 0 Å². The molecule has 0 bridgehead atoms. The highest BCUT2D eigenvalue weighted by molar-refractivity contribution is 5.43. The molecule has 0 aromatic heterocycles. The van der Waals surface area contributed by atoms with E-state index in [9.17, 15) is 13.2 Å². The van der Waals surface area contributed by atoms with Crippen molar-refractivity contribution in [2.24, 2.45) is 0 Å². The van der Waals surface area contributed by atoms with E-state index in [-0.39, 0.29) is 0 Å². The van der Waals surface area contributed by atoms with Gasteiger partial charge in [-0.15, -0.1) is 0 Å². The van der Waals surface area contributed by atoms with Gasteiger partial charge in [-0.3, -0.25) is 0 Å². The van der Waals surface area contributed by atoms with Crippen LogP contribution in [0.25, 0.3) is 0 Å². The summed E-state index contributed by atoms with van der Waals surface area (Å²) in [7, 11) is 0. The molecule has 1 rings (SSSR count). The molecule has 0 aliphatic heterocycles. The quantitative estimate of drug-likeness (QED) is 0.753. The Hall–Kier alpha value is -1.19. The van der Waals surface area contributed by atoms with Crippen LogP contribution in [0.5, 0.6) is 0 Å². The lowest BCUT2D eigenvalue weighted by Crippen LogP contribution is -2.32. The minimum atomic E-state index is -4.20. The number of rotatable bonds is 2. The molecule has 1 atom stereocenters. The Labute approximate surface area is 74.6 Å². The fourth-order valence-electron chi connectivity index (χ4n) is 0.866. The van der Waals surface area contributed by atoms with Gasteiger partial charge in [0, 0.05) is 5.69 Å². The van der Waals surface area contributed by atoms with Crippen molar-refractivity contribution in [2.75, 3.05) is 5.32 Å². The SMILES string of the molecule is C[C@@H](Nc1ccccc1)C(F)(F)F. The molecule has 1 nitrogen and oxygen atoms in total. The maximum Gasteiger partial charge on any atom is 0.408 e. The molecule has 0 amide bonds. The molecular weight excluding hydrogens is 179 g/mol. The Morgan fingerprint density at radius 1 is 1.15 bits per heavy atom. The summed E-state index contributed by atoms with van der Waals surface area (Å²) in [5.74, 6) is 0. The zero-order chi connectivity index (χ0) is 9.90. The first-order valence-electron chi connectivity index (χ1n) is 3.88. The zero-order valence-electron chi connectivity index (χ0n) is 7.10. The first kappa shape index (κ1) is 9.89. The molecule has 1 N–H and O–H groups in total. The lowest BCUT2D eigenvalue weighted by Gasteiger charge is -2.17. The van der Waals surface area contributed by atoms with Crippen LogP contribution in [0.2, 0.25) is 0 Å². The van der Waals surface area contributed by atoms with Crippen molar-refractivity contribution >= 4 is 5.69 Å². The van der Waals surface area contributed by atoms with Gasteiger partial charge in [0.1, 0.15) is 6.04 Å². The first-order valence-corrected chi connectivity index (χ1v) is 3.88. The molecule has 0 saturated heterocycles. The third-order valence-corrected chi connectivity index (χ3v) is 1.65. The van der Waals surface area contributed by atoms with Crippen LogP contribution in [0, 0.1) is 0 Å². The van der Waals surface area contributed by atoms with Crippen molar-refractivity contribution in [3.8, 4) is 0 Å². The highest BCUT2D eigenvalue weighted by Crippen LogP contribution is 2.22. The van der Waals surface area contributed by atoms with E-state index in [1.54, 1.807) is 30.3 Å². The summed E-state index contributed by atoms with van der Waals surface area (Å²) in [6.07, 6.45) is -4.20. The van der Waals surface area contributed by atoms with E-state index in [0.29, 0.717) is 5.69 Å². The molecule has 13 heavy (non-hydrogen) atoms. The standard InChI is InChI=1S/C9H10F3N/c1-7(9(10,11)12)13-8-5-3-2-4-6-8/h2-7,13H,1H3/t7-/m1/s1. The van der Waals surface area contributed by atoms with Crippen molar-refractivity contribution in [1.82, 2.24) is 0 Å². The molecule has 0 radical (unpaired) electrons. The molecular formula is C9H10F3N. The number of benzene rings is 1. The molecule has 0 aliphatic carbocycles. The molecule has 0 saturated carbocycles. The summed E-state index contributed by atoms with van der Waals surface area (Å²) in [4.78, 5) is 0. The van der Waals surface area contributed by atoms with Gasteiger partial charge in [-0.2, -0.15) is 13.2 Å². The van der Waals surface area contributed by atoms with Crippen molar-refractivity contribution in [3.63, 3.8) is 0 Å². The largest absolute Gasteiger partial charge is 0.408 e. The molecule has 0 spiro atoms. The van der Waals surface area contributed by atoms with E-state index in [1.807, 2.05) is 0 Å². The van der Waals surface area contributed by atoms with Gasteiger partial charge in [0.2, 0.25) is 0 Å². The van der Waals surface area contributed by atoms with Gasteiger partial charge in [0.25, 0.3) is 0 Å². The number of anilines is 1. The van der Waals surface area contributed by atoms with Crippen molar-refractivity contribution in [3.05, 3.63) is 30.3 Å². The second-order valence-electron chi connectivity index (χ2n) is 2.77. The Morgan fingerprint density at radius 3 is 2.15 bits per heavy atom. The van der Waals surface area contributed by atoms with E-state index in [1.165, 1.54) is 0 Å². The number of nitrogens with one attached hydrogen (secondary N) is 1. The van der Waals surface area contributed by atoms with Crippen molar-refractivity contribution < 1.29 is 13.2 Å². The summed E-state index contributed by atoms with van der Waals surface area (Å²) in [5, 5.41) is 2.36. The number of hydrogen-bond acceptors (Lipinski definition) is 1. The van der Waals surface area contributed by atoms with Crippen molar-refractivity contribution in [1.29, 1.82) is 0 Å². The normalized spacial score (nSPS) is 13.8. The van der Waals surface area contributed by atoms with Crippen LogP contribution < -0.4 is 5.32 Å². The molecule has 0 aliphatic rings. The second-order valence-corrected chi connectivity index (χ2v) is 2.77.